The summed E-state index contributed by atoms with van der Waals surface area (Å²) in [6, 6.07) is 11.6. The van der Waals surface area contributed by atoms with E-state index in [1.165, 1.54) is 10.9 Å². The topological polar surface area (TPSA) is 73.2 Å². The largest absolute Gasteiger partial charge is 0.454 e. The smallest absolute Gasteiger partial charge is 0.300 e. The van der Waals surface area contributed by atoms with Crippen LogP contribution in [0.3, 0.4) is 0 Å². The van der Waals surface area contributed by atoms with Crippen LogP contribution >= 0.6 is 0 Å². The summed E-state index contributed by atoms with van der Waals surface area (Å²) in [6.45, 7) is 2.65. The molecule has 2 aromatic heterocycles. The Labute approximate surface area is 115 Å². The first-order valence-corrected chi connectivity index (χ1v) is 6.33. The third-order valence-corrected chi connectivity index (χ3v) is 3.33. The van der Waals surface area contributed by atoms with Gasteiger partial charge < -0.3 is 8.98 Å². The van der Waals surface area contributed by atoms with E-state index in [2.05, 4.69) is 35.2 Å². The molecule has 20 heavy (non-hydrogen) atoms. The zero-order chi connectivity index (χ0) is 14.1. The molecule has 3 N–H and O–H groups in total. The Kier molecular flexibility index (Phi) is 3.04. The van der Waals surface area contributed by atoms with Crippen molar-refractivity contribution in [2.75, 3.05) is 0 Å². The van der Waals surface area contributed by atoms with Crippen molar-refractivity contribution in [1.82, 2.24) is 9.99 Å². The summed E-state index contributed by atoms with van der Waals surface area (Å²) in [4.78, 5) is 11.4. The number of para-hydroxylation sites is 1. The quantitative estimate of drug-likeness (QED) is 0.435. The number of carbonyl (C=O) groups excluding carboxylic acids is 1. The van der Waals surface area contributed by atoms with Crippen LogP contribution in [-0.2, 0) is 6.54 Å². The van der Waals surface area contributed by atoms with Gasteiger partial charge in [-0.05, 0) is 30.7 Å². The van der Waals surface area contributed by atoms with Crippen molar-refractivity contribution < 1.29 is 9.21 Å². The van der Waals surface area contributed by atoms with Crippen LogP contribution in [0.25, 0.3) is 10.9 Å². The molecule has 1 aromatic carbocycles. The molecule has 2 heterocycles. The summed E-state index contributed by atoms with van der Waals surface area (Å²) in [5.74, 6) is 5.58. The first-order chi connectivity index (χ1) is 9.69. The maximum absolute atomic E-state index is 11.4. The second kappa shape index (κ2) is 4.86. The zero-order valence-electron chi connectivity index (χ0n) is 11.1. The lowest BCUT2D eigenvalue weighted by Crippen LogP contribution is -2.29. The number of nitrogens with zero attached hydrogens (tertiary/aromatic N) is 1. The molecule has 0 atom stereocenters. The molecule has 0 fully saturated rings. The van der Waals surface area contributed by atoms with Gasteiger partial charge in [-0.25, -0.2) is 5.84 Å². The molecule has 5 heteroatoms. The predicted octanol–water partition coefficient (Wildman–Crippen LogP) is 2.19. The van der Waals surface area contributed by atoms with Gasteiger partial charge in [0.25, 0.3) is 0 Å². The SMILES string of the molecule is Cc1cn(Cc2ccc(C(=O)NN)o2)c2ccccc12. The average molecular weight is 269 g/mol. The molecule has 0 radical (unpaired) electrons. The lowest BCUT2D eigenvalue weighted by atomic mass is 10.2. The summed E-state index contributed by atoms with van der Waals surface area (Å²) in [6.07, 6.45) is 2.08. The van der Waals surface area contributed by atoms with Crippen LogP contribution in [0.5, 0.6) is 0 Å². The molecule has 0 aliphatic heterocycles. The Morgan fingerprint density at radius 3 is 2.90 bits per heavy atom. The Morgan fingerprint density at radius 1 is 1.30 bits per heavy atom. The van der Waals surface area contributed by atoms with E-state index in [9.17, 15) is 4.79 Å². The van der Waals surface area contributed by atoms with Crippen molar-refractivity contribution in [2.45, 2.75) is 13.5 Å². The number of nitrogens with two attached hydrogens (primary N) is 1. The minimum Gasteiger partial charge on any atom is -0.454 e. The number of aryl methyl sites for hydroxylation is 1. The van der Waals surface area contributed by atoms with Gasteiger partial charge in [0.05, 0.1) is 6.54 Å². The molecular weight excluding hydrogens is 254 g/mol. The number of furan rings is 1. The fourth-order valence-electron chi connectivity index (χ4n) is 2.39. The minimum atomic E-state index is -0.426. The summed E-state index contributed by atoms with van der Waals surface area (Å²) in [5.41, 5.74) is 4.41. The minimum absolute atomic E-state index is 0.218. The number of hydrogen-bond acceptors (Lipinski definition) is 3. The van der Waals surface area contributed by atoms with Crippen molar-refractivity contribution in [2.24, 2.45) is 5.84 Å². The second-order valence-corrected chi connectivity index (χ2v) is 4.70. The summed E-state index contributed by atoms with van der Waals surface area (Å²) < 4.78 is 7.59. The molecule has 3 aromatic rings. The number of benzene rings is 1. The number of carbonyl (C=O) groups is 1. The molecule has 0 bridgehead atoms. The van der Waals surface area contributed by atoms with E-state index in [0.717, 1.165) is 5.52 Å². The van der Waals surface area contributed by atoms with Crippen LogP contribution in [-0.4, -0.2) is 10.5 Å². The number of fused-ring (bicyclic) bond motifs is 1. The van der Waals surface area contributed by atoms with Crippen molar-refractivity contribution in [3.8, 4) is 0 Å². The summed E-state index contributed by atoms with van der Waals surface area (Å²) in [5, 5.41) is 1.22. The molecule has 1 amide bonds. The maximum atomic E-state index is 11.4. The summed E-state index contributed by atoms with van der Waals surface area (Å²) >= 11 is 0. The van der Waals surface area contributed by atoms with Gasteiger partial charge in [0.2, 0.25) is 0 Å². The van der Waals surface area contributed by atoms with E-state index < -0.39 is 5.91 Å². The third kappa shape index (κ3) is 2.08. The Hall–Kier alpha value is -2.53. The molecule has 0 aliphatic rings. The lowest BCUT2D eigenvalue weighted by Gasteiger charge is -2.02. The van der Waals surface area contributed by atoms with Gasteiger partial charge in [-0.2, -0.15) is 0 Å². The molecule has 3 rings (SSSR count). The van der Waals surface area contributed by atoms with Crippen LogP contribution in [0.15, 0.2) is 47.0 Å². The highest BCUT2D eigenvalue weighted by molar-refractivity contribution is 5.91. The number of rotatable bonds is 3. The van der Waals surface area contributed by atoms with Gasteiger partial charge in [0.15, 0.2) is 5.76 Å². The van der Waals surface area contributed by atoms with Gasteiger partial charge in [0.1, 0.15) is 5.76 Å². The van der Waals surface area contributed by atoms with Crippen LogP contribution in [0.4, 0.5) is 0 Å². The number of nitrogen functional groups attached to an aromatic ring is 1. The molecule has 0 saturated carbocycles. The Balaban J connectivity index is 1.93. The lowest BCUT2D eigenvalue weighted by molar-refractivity contribution is 0.0924. The van der Waals surface area contributed by atoms with Crippen molar-refractivity contribution in [3.05, 3.63) is 59.7 Å². The van der Waals surface area contributed by atoms with Crippen LogP contribution in [0.1, 0.15) is 21.9 Å². The predicted molar refractivity (Wildman–Crippen MR) is 76.1 cm³/mol. The standard InChI is InChI=1S/C15H15N3O2/c1-10-8-18(13-5-3-2-4-12(10)13)9-11-6-7-14(20-11)15(19)17-16/h2-8H,9,16H2,1H3,(H,17,19). The fourth-order valence-corrected chi connectivity index (χ4v) is 2.39. The maximum Gasteiger partial charge on any atom is 0.300 e. The van der Waals surface area contributed by atoms with Crippen LogP contribution < -0.4 is 11.3 Å². The molecular formula is C15H15N3O2. The van der Waals surface area contributed by atoms with Crippen molar-refractivity contribution in [3.63, 3.8) is 0 Å². The van der Waals surface area contributed by atoms with E-state index in [4.69, 9.17) is 10.3 Å². The first-order valence-electron chi connectivity index (χ1n) is 6.33. The molecule has 102 valence electrons. The van der Waals surface area contributed by atoms with Crippen molar-refractivity contribution in [1.29, 1.82) is 0 Å². The van der Waals surface area contributed by atoms with E-state index >= 15 is 0 Å². The monoisotopic (exact) mass is 269 g/mol. The third-order valence-electron chi connectivity index (χ3n) is 3.33. The fraction of sp³-hybridized carbons (Fsp3) is 0.133. The number of hydrazine groups is 1. The molecule has 0 saturated heterocycles. The number of hydrogen-bond donors (Lipinski definition) is 2. The van der Waals surface area contributed by atoms with Gasteiger partial charge in [-0.1, -0.05) is 18.2 Å². The zero-order valence-corrected chi connectivity index (χ0v) is 11.1. The normalized spacial score (nSPS) is 10.9. The van der Waals surface area contributed by atoms with E-state index in [1.807, 2.05) is 12.1 Å². The van der Waals surface area contributed by atoms with Gasteiger partial charge in [-0.15, -0.1) is 0 Å². The number of nitrogens with one attached hydrogen (secondary N) is 1. The van der Waals surface area contributed by atoms with Gasteiger partial charge in [0, 0.05) is 17.1 Å². The van der Waals surface area contributed by atoms with Crippen LogP contribution in [0.2, 0.25) is 0 Å². The number of aromatic nitrogens is 1. The number of amides is 1. The van der Waals surface area contributed by atoms with E-state index in [-0.39, 0.29) is 5.76 Å². The molecule has 5 nitrogen and oxygen atoms in total. The highest BCUT2D eigenvalue weighted by Gasteiger charge is 2.11. The van der Waals surface area contributed by atoms with Gasteiger partial charge >= 0.3 is 5.91 Å². The molecule has 0 unspecified atom stereocenters. The van der Waals surface area contributed by atoms with Crippen LogP contribution in [0, 0.1) is 6.92 Å². The highest BCUT2D eigenvalue weighted by Crippen LogP contribution is 2.22. The Morgan fingerprint density at radius 2 is 2.10 bits per heavy atom. The second-order valence-electron chi connectivity index (χ2n) is 4.70. The van der Waals surface area contributed by atoms with E-state index in [1.54, 1.807) is 12.1 Å². The van der Waals surface area contributed by atoms with Gasteiger partial charge in [-0.3, -0.25) is 10.2 Å². The van der Waals surface area contributed by atoms with Crippen molar-refractivity contribution >= 4 is 16.8 Å². The highest BCUT2D eigenvalue weighted by atomic mass is 16.4. The molecule has 0 aliphatic carbocycles. The van der Waals surface area contributed by atoms with E-state index in [0.29, 0.717) is 12.3 Å². The first kappa shape index (κ1) is 12.5. The average Bonchev–Trinajstić information content (AvgIpc) is 3.05. The molecule has 0 spiro atoms. The Bertz CT molecular complexity index is 770. The summed E-state index contributed by atoms with van der Waals surface area (Å²) in [7, 11) is 0.